The molecule has 0 fully saturated rings. The van der Waals surface area contributed by atoms with Crippen LogP contribution in [0.15, 0.2) is 16.7 Å². The maximum atomic E-state index is 5.61. The van der Waals surface area contributed by atoms with Crippen LogP contribution in [0, 0.1) is 13.8 Å². The van der Waals surface area contributed by atoms with E-state index in [2.05, 4.69) is 11.2 Å². The summed E-state index contributed by atoms with van der Waals surface area (Å²) in [6, 6.07) is 4.10. The molecular formula is C10H12N2O. The lowest BCUT2D eigenvalue weighted by molar-refractivity contribution is 0.448. The molecule has 0 unspecified atom stereocenters. The molecule has 0 saturated heterocycles. The normalized spacial score (nSPS) is 11.0. The third-order valence-electron chi connectivity index (χ3n) is 2.19. The van der Waals surface area contributed by atoms with Crippen molar-refractivity contribution in [3.8, 4) is 0 Å². The smallest absolute Gasteiger partial charge is 0.171 e. The van der Waals surface area contributed by atoms with Crippen LogP contribution in [0.4, 0.5) is 0 Å². The van der Waals surface area contributed by atoms with Crippen LogP contribution in [0.3, 0.4) is 0 Å². The highest BCUT2D eigenvalue weighted by Gasteiger charge is 2.08. The summed E-state index contributed by atoms with van der Waals surface area (Å²) in [6.45, 7) is 4.48. The molecule has 0 amide bonds. The Bertz CT molecular complexity index is 445. The second-order valence-corrected chi connectivity index (χ2v) is 3.27. The zero-order valence-electron chi connectivity index (χ0n) is 7.79. The molecule has 0 saturated carbocycles. The van der Waals surface area contributed by atoms with Crippen LogP contribution in [-0.2, 0) is 6.54 Å². The van der Waals surface area contributed by atoms with Crippen molar-refractivity contribution in [3.63, 3.8) is 0 Å². The van der Waals surface area contributed by atoms with Gasteiger partial charge >= 0.3 is 0 Å². The van der Waals surface area contributed by atoms with E-state index in [4.69, 9.17) is 10.3 Å². The van der Waals surface area contributed by atoms with E-state index in [1.165, 1.54) is 5.56 Å². The first-order valence-corrected chi connectivity index (χ1v) is 4.28. The van der Waals surface area contributed by atoms with Crippen LogP contribution in [0.2, 0.25) is 0 Å². The Labute approximate surface area is 76.5 Å². The summed E-state index contributed by atoms with van der Waals surface area (Å²) in [5.41, 5.74) is 9.57. The van der Waals surface area contributed by atoms with Gasteiger partial charge in [-0.1, -0.05) is 11.2 Å². The number of aryl methyl sites for hydroxylation is 2. The van der Waals surface area contributed by atoms with Gasteiger partial charge < -0.3 is 10.3 Å². The summed E-state index contributed by atoms with van der Waals surface area (Å²) in [5.74, 6) is 0. The van der Waals surface area contributed by atoms with Gasteiger partial charge in [-0.05, 0) is 25.5 Å². The lowest BCUT2D eigenvalue weighted by atomic mass is 10.1. The minimum atomic E-state index is 0.493. The van der Waals surface area contributed by atoms with E-state index in [0.717, 1.165) is 22.2 Å². The molecule has 13 heavy (non-hydrogen) atoms. The molecule has 0 atom stereocenters. The molecule has 3 nitrogen and oxygen atoms in total. The molecular weight excluding hydrogens is 164 g/mol. The number of benzene rings is 1. The lowest BCUT2D eigenvalue weighted by Crippen LogP contribution is -1.96. The summed E-state index contributed by atoms with van der Waals surface area (Å²) in [7, 11) is 0. The summed E-state index contributed by atoms with van der Waals surface area (Å²) >= 11 is 0. The average Bonchev–Trinajstić information content (AvgIpc) is 2.47. The van der Waals surface area contributed by atoms with Crippen molar-refractivity contribution in [2.45, 2.75) is 20.4 Å². The molecule has 2 aromatic rings. The first kappa shape index (κ1) is 8.26. The van der Waals surface area contributed by atoms with Crippen LogP contribution in [-0.4, -0.2) is 5.16 Å². The molecule has 1 aromatic heterocycles. The Kier molecular flexibility index (Phi) is 1.81. The standard InChI is InChI=1S/C10H12N2O/c1-6-3-8(5-11)10-9(4-6)7(2)12-13-10/h3-4H,5,11H2,1-2H3. The van der Waals surface area contributed by atoms with Gasteiger partial charge in [-0.3, -0.25) is 0 Å². The maximum Gasteiger partial charge on any atom is 0.171 e. The third-order valence-corrected chi connectivity index (χ3v) is 2.19. The maximum absolute atomic E-state index is 5.61. The first-order chi connectivity index (χ1) is 6.22. The highest BCUT2D eigenvalue weighted by Crippen LogP contribution is 2.23. The molecule has 68 valence electrons. The fraction of sp³-hybridized carbons (Fsp3) is 0.300. The number of rotatable bonds is 1. The number of nitrogens with two attached hydrogens (primary N) is 1. The van der Waals surface area contributed by atoms with Gasteiger partial charge in [0.25, 0.3) is 0 Å². The topological polar surface area (TPSA) is 52.0 Å². The van der Waals surface area contributed by atoms with Gasteiger partial charge in [-0.2, -0.15) is 0 Å². The van der Waals surface area contributed by atoms with E-state index in [1.54, 1.807) is 0 Å². The van der Waals surface area contributed by atoms with E-state index in [0.29, 0.717) is 6.54 Å². The minimum absolute atomic E-state index is 0.493. The monoisotopic (exact) mass is 176 g/mol. The van der Waals surface area contributed by atoms with E-state index in [1.807, 2.05) is 19.9 Å². The van der Waals surface area contributed by atoms with Crippen LogP contribution in [0.5, 0.6) is 0 Å². The molecule has 2 rings (SSSR count). The second kappa shape index (κ2) is 2.85. The van der Waals surface area contributed by atoms with E-state index in [9.17, 15) is 0 Å². The first-order valence-electron chi connectivity index (χ1n) is 4.28. The highest BCUT2D eigenvalue weighted by molar-refractivity contribution is 5.83. The fourth-order valence-electron chi connectivity index (χ4n) is 1.54. The van der Waals surface area contributed by atoms with E-state index in [-0.39, 0.29) is 0 Å². The van der Waals surface area contributed by atoms with E-state index >= 15 is 0 Å². The van der Waals surface area contributed by atoms with Crippen LogP contribution >= 0.6 is 0 Å². The molecule has 1 heterocycles. The number of aromatic nitrogens is 1. The predicted molar refractivity (Wildman–Crippen MR) is 51.4 cm³/mol. The minimum Gasteiger partial charge on any atom is -0.356 e. The van der Waals surface area contributed by atoms with Crippen molar-refractivity contribution in [1.82, 2.24) is 5.16 Å². The molecule has 3 heteroatoms. The molecule has 0 radical (unpaired) electrons. The van der Waals surface area contributed by atoms with Crippen molar-refractivity contribution in [2.24, 2.45) is 5.73 Å². The zero-order valence-corrected chi connectivity index (χ0v) is 7.79. The van der Waals surface area contributed by atoms with Gasteiger partial charge in [0, 0.05) is 17.5 Å². The predicted octanol–water partition coefficient (Wildman–Crippen LogP) is 1.90. The summed E-state index contributed by atoms with van der Waals surface area (Å²) in [6.07, 6.45) is 0. The number of nitrogens with zero attached hydrogens (tertiary/aromatic N) is 1. The summed E-state index contributed by atoms with van der Waals surface area (Å²) < 4.78 is 5.20. The quantitative estimate of drug-likeness (QED) is 0.722. The van der Waals surface area contributed by atoms with Crippen LogP contribution < -0.4 is 5.73 Å². The molecule has 0 aliphatic heterocycles. The van der Waals surface area contributed by atoms with Gasteiger partial charge in [-0.15, -0.1) is 0 Å². The average molecular weight is 176 g/mol. The molecule has 0 bridgehead atoms. The number of fused-ring (bicyclic) bond motifs is 1. The Morgan fingerprint density at radius 3 is 2.85 bits per heavy atom. The molecule has 0 spiro atoms. The van der Waals surface area contributed by atoms with Gasteiger partial charge in [0.2, 0.25) is 0 Å². The van der Waals surface area contributed by atoms with Crippen molar-refractivity contribution >= 4 is 11.0 Å². The van der Waals surface area contributed by atoms with Crippen LogP contribution in [0.1, 0.15) is 16.8 Å². The molecule has 0 aliphatic carbocycles. The fourth-order valence-corrected chi connectivity index (χ4v) is 1.54. The van der Waals surface area contributed by atoms with E-state index < -0.39 is 0 Å². The SMILES string of the molecule is Cc1cc(CN)c2onc(C)c2c1. The second-order valence-electron chi connectivity index (χ2n) is 3.27. The van der Waals surface area contributed by atoms with Gasteiger partial charge in [0.1, 0.15) is 0 Å². The highest BCUT2D eigenvalue weighted by atomic mass is 16.5. The Hall–Kier alpha value is -1.35. The Balaban J connectivity index is 2.84. The van der Waals surface area contributed by atoms with Gasteiger partial charge in [0.15, 0.2) is 5.58 Å². The van der Waals surface area contributed by atoms with Crippen molar-refractivity contribution < 1.29 is 4.52 Å². The van der Waals surface area contributed by atoms with Gasteiger partial charge in [-0.25, -0.2) is 0 Å². The number of hydrogen-bond donors (Lipinski definition) is 1. The number of hydrogen-bond acceptors (Lipinski definition) is 3. The molecule has 0 aliphatic rings. The molecule has 1 aromatic carbocycles. The molecule has 2 N–H and O–H groups in total. The summed E-state index contributed by atoms with van der Waals surface area (Å²) in [5, 5.41) is 4.98. The Morgan fingerprint density at radius 1 is 1.38 bits per heavy atom. The zero-order chi connectivity index (χ0) is 9.42. The largest absolute Gasteiger partial charge is 0.356 e. The lowest BCUT2D eigenvalue weighted by Gasteiger charge is -1.99. The van der Waals surface area contributed by atoms with Gasteiger partial charge in [0.05, 0.1) is 5.69 Å². The van der Waals surface area contributed by atoms with Crippen LogP contribution in [0.25, 0.3) is 11.0 Å². The van der Waals surface area contributed by atoms with Crippen molar-refractivity contribution in [2.75, 3.05) is 0 Å². The Morgan fingerprint density at radius 2 is 2.15 bits per heavy atom. The van der Waals surface area contributed by atoms with Crippen molar-refractivity contribution in [3.05, 3.63) is 29.0 Å². The third kappa shape index (κ3) is 1.21. The van der Waals surface area contributed by atoms with Crippen molar-refractivity contribution in [1.29, 1.82) is 0 Å². The summed E-state index contributed by atoms with van der Waals surface area (Å²) in [4.78, 5) is 0.